The Labute approximate surface area is 171 Å². The smallest absolute Gasteiger partial charge is 0.373 e. The third-order valence-corrected chi connectivity index (χ3v) is 3.79. The summed E-state index contributed by atoms with van der Waals surface area (Å²) >= 11 is 0. The van der Waals surface area contributed by atoms with Crippen LogP contribution < -0.4 is 10.9 Å². The van der Waals surface area contributed by atoms with E-state index in [1.807, 2.05) is 0 Å². The largest absolute Gasteiger partial charge is 0.416 e. The Morgan fingerprint density at radius 1 is 0.968 bits per heavy atom. The number of hydrogen-bond acceptors (Lipinski definition) is 6. The third kappa shape index (κ3) is 6.02. The van der Waals surface area contributed by atoms with Gasteiger partial charge in [0.1, 0.15) is 18.4 Å². The summed E-state index contributed by atoms with van der Waals surface area (Å²) in [4.78, 5) is 7.70. The fourth-order valence-corrected chi connectivity index (χ4v) is 2.37. The van der Waals surface area contributed by atoms with E-state index in [2.05, 4.69) is 25.9 Å². The molecule has 1 atom stereocenters. The maximum absolute atomic E-state index is 13.0. The molecule has 7 nitrogen and oxygen atoms in total. The molecule has 3 N–H and O–H groups in total. The Balaban J connectivity index is 1.76. The number of aromatic nitrogens is 4. The quantitative estimate of drug-likeness (QED) is 0.305. The first-order valence-corrected chi connectivity index (χ1v) is 8.52. The van der Waals surface area contributed by atoms with E-state index >= 15 is 0 Å². The molecular formula is C18H14F6N6O. The number of nitrogens with zero attached hydrogens (tertiary/aromatic N) is 4. The second-order valence-corrected chi connectivity index (χ2v) is 6.11. The predicted octanol–water partition coefficient (Wildman–Crippen LogP) is 3.78. The van der Waals surface area contributed by atoms with Crippen molar-refractivity contribution in [2.45, 2.75) is 18.6 Å². The molecule has 1 aromatic carbocycles. The van der Waals surface area contributed by atoms with Gasteiger partial charge in [-0.3, -0.25) is 0 Å². The van der Waals surface area contributed by atoms with Crippen molar-refractivity contribution in [3.05, 3.63) is 66.1 Å². The van der Waals surface area contributed by atoms with Crippen molar-refractivity contribution in [3.8, 4) is 11.4 Å². The number of benzene rings is 1. The number of anilines is 1. The molecule has 0 aliphatic heterocycles. The molecule has 0 aliphatic rings. The minimum absolute atomic E-state index is 0.0248. The molecule has 3 rings (SSSR count). The number of aliphatic hydroxyl groups is 1. The molecule has 0 fully saturated rings. The number of hydrazine groups is 1. The molecule has 0 spiro atoms. The highest BCUT2D eigenvalue weighted by Crippen LogP contribution is 2.38. The summed E-state index contributed by atoms with van der Waals surface area (Å²) in [5.41, 5.74) is 1.74. The molecule has 3 aromatic rings. The van der Waals surface area contributed by atoms with Gasteiger partial charge >= 0.3 is 12.4 Å². The molecule has 1 unspecified atom stereocenters. The first kappa shape index (κ1) is 22.2. The summed E-state index contributed by atoms with van der Waals surface area (Å²) in [5, 5.41) is 13.7. The van der Waals surface area contributed by atoms with Gasteiger partial charge in [-0.15, -0.1) is 5.10 Å². The van der Waals surface area contributed by atoms with Crippen LogP contribution in [0.15, 0.2) is 55.0 Å². The number of aliphatic hydroxyl groups excluding tert-OH is 1. The molecular weight excluding hydrogens is 430 g/mol. The molecule has 0 saturated heterocycles. The zero-order valence-electron chi connectivity index (χ0n) is 15.4. The van der Waals surface area contributed by atoms with Crippen molar-refractivity contribution in [2.24, 2.45) is 0 Å². The van der Waals surface area contributed by atoms with E-state index in [1.165, 1.54) is 18.5 Å². The van der Waals surface area contributed by atoms with Gasteiger partial charge in [0.15, 0.2) is 5.82 Å². The standard InChI is InChI=1S/C18H14F6N6O/c19-17(20,21)12-7-11(8-13(9-12)18(22,23)24)16-26-10-30(29-16)6-4-15(31)28-27-14-3-1-2-5-25-14/h1-10,15,28,31H,(H,25,27)/b6-4-. The van der Waals surface area contributed by atoms with Crippen LogP contribution in [-0.4, -0.2) is 31.1 Å². The summed E-state index contributed by atoms with van der Waals surface area (Å²) < 4.78 is 79.0. The molecule has 0 bridgehead atoms. The molecule has 0 aliphatic carbocycles. The monoisotopic (exact) mass is 444 g/mol. The lowest BCUT2D eigenvalue weighted by Gasteiger charge is -2.13. The fraction of sp³-hybridized carbons (Fsp3) is 0.167. The van der Waals surface area contributed by atoms with Gasteiger partial charge in [-0.1, -0.05) is 6.07 Å². The van der Waals surface area contributed by atoms with E-state index in [4.69, 9.17) is 0 Å². The Morgan fingerprint density at radius 2 is 1.65 bits per heavy atom. The van der Waals surface area contributed by atoms with Crippen LogP contribution >= 0.6 is 0 Å². The maximum atomic E-state index is 13.0. The lowest BCUT2D eigenvalue weighted by Crippen LogP contribution is -2.32. The van der Waals surface area contributed by atoms with E-state index < -0.39 is 35.3 Å². The molecule has 13 heteroatoms. The number of pyridine rings is 1. The first-order valence-electron chi connectivity index (χ1n) is 8.52. The van der Waals surface area contributed by atoms with Crippen LogP contribution in [0.25, 0.3) is 17.6 Å². The number of alkyl halides is 6. The van der Waals surface area contributed by atoms with Crippen LogP contribution in [0.2, 0.25) is 0 Å². The van der Waals surface area contributed by atoms with E-state index in [0.717, 1.165) is 11.0 Å². The van der Waals surface area contributed by atoms with Gasteiger partial charge in [0, 0.05) is 18.0 Å². The van der Waals surface area contributed by atoms with Gasteiger partial charge in [0.05, 0.1) is 11.1 Å². The topological polar surface area (TPSA) is 87.9 Å². The summed E-state index contributed by atoms with van der Waals surface area (Å²) in [6, 6.07) is 6.14. The number of nitrogens with one attached hydrogen (secondary N) is 2. The highest BCUT2D eigenvalue weighted by atomic mass is 19.4. The average molecular weight is 444 g/mol. The predicted molar refractivity (Wildman–Crippen MR) is 97.8 cm³/mol. The van der Waals surface area contributed by atoms with Crippen molar-refractivity contribution >= 4 is 12.0 Å². The summed E-state index contributed by atoms with van der Waals surface area (Å²) in [5.74, 6) is 0.0818. The van der Waals surface area contributed by atoms with Crippen molar-refractivity contribution in [3.63, 3.8) is 0 Å². The van der Waals surface area contributed by atoms with Crippen molar-refractivity contribution in [2.75, 3.05) is 5.43 Å². The van der Waals surface area contributed by atoms with Gasteiger partial charge in [-0.2, -0.15) is 26.3 Å². The van der Waals surface area contributed by atoms with Crippen molar-refractivity contribution in [1.29, 1.82) is 0 Å². The highest BCUT2D eigenvalue weighted by Gasteiger charge is 2.37. The van der Waals surface area contributed by atoms with Crippen LogP contribution in [0.4, 0.5) is 32.2 Å². The second-order valence-electron chi connectivity index (χ2n) is 6.11. The van der Waals surface area contributed by atoms with Gasteiger partial charge < -0.3 is 10.5 Å². The Bertz CT molecular complexity index is 1020. The van der Waals surface area contributed by atoms with Crippen LogP contribution in [0, 0.1) is 0 Å². The van der Waals surface area contributed by atoms with Crippen LogP contribution in [0.1, 0.15) is 11.1 Å². The van der Waals surface area contributed by atoms with Gasteiger partial charge in [0.2, 0.25) is 0 Å². The number of halogens is 6. The van der Waals surface area contributed by atoms with Gasteiger partial charge in [0.25, 0.3) is 0 Å². The Kier molecular flexibility index (Phi) is 6.27. The molecule has 164 valence electrons. The summed E-state index contributed by atoms with van der Waals surface area (Å²) in [6.07, 6.45) is -6.16. The summed E-state index contributed by atoms with van der Waals surface area (Å²) in [7, 11) is 0. The number of rotatable bonds is 6. The zero-order valence-corrected chi connectivity index (χ0v) is 15.4. The van der Waals surface area contributed by atoms with Crippen molar-refractivity contribution in [1.82, 2.24) is 25.2 Å². The average Bonchev–Trinajstić information content (AvgIpc) is 3.19. The van der Waals surface area contributed by atoms with Crippen molar-refractivity contribution < 1.29 is 31.4 Å². The normalized spacial score (nSPS) is 13.5. The lowest BCUT2D eigenvalue weighted by atomic mass is 10.0. The zero-order chi connectivity index (χ0) is 22.6. The first-order chi connectivity index (χ1) is 14.5. The van der Waals surface area contributed by atoms with E-state index in [9.17, 15) is 31.4 Å². The van der Waals surface area contributed by atoms with Gasteiger partial charge in [-0.25, -0.2) is 20.1 Å². The maximum Gasteiger partial charge on any atom is 0.416 e. The molecule has 31 heavy (non-hydrogen) atoms. The highest BCUT2D eigenvalue weighted by molar-refractivity contribution is 5.58. The molecule has 0 amide bonds. The molecule has 0 saturated carbocycles. The number of hydrogen-bond donors (Lipinski definition) is 3. The molecule has 2 aromatic heterocycles. The Hall–Kier alpha value is -3.45. The van der Waals surface area contributed by atoms with Crippen LogP contribution in [0.3, 0.4) is 0 Å². The SMILES string of the molecule is OC(/C=C\n1cnc(-c2cc(C(F)(F)F)cc(C(F)(F)F)c2)n1)NNc1ccccn1. The second kappa shape index (κ2) is 8.73. The minimum Gasteiger partial charge on any atom is -0.373 e. The van der Waals surface area contributed by atoms with Crippen LogP contribution in [-0.2, 0) is 12.4 Å². The van der Waals surface area contributed by atoms with E-state index in [-0.39, 0.29) is 11.9 Å². The van der Waals surface area contributed by atoms with E-state index in [1.54, 1.807) is 18.2 Å². The lowest BCUT2D eigenvalue weighted by molar-refractivity contribution is -0.143. The molecule has 2 heterocycles. The third-order valence-electron chi connectivity index (χ3n) is 3.79. The summed E-state index contributed by atoms with van der Waals surface area (Å²) in [6.45, 7) is 0. The molecule has 0 radical (unpaired) electrons. The van der Waals surface area contributed by atoms with Crippen LogP contribution in [0.5, 0.6) is 0 Å². The van der Waals surface area contributed by atoms with E-state index in [0.29, 0.717) is 18.0 Å². The Morgan fingerprint density at radius 3 is 2.23 bits per heavy atom. The van der Waals surface area contributed by atoms with Gasteiger partial charge in [-0.05, 0) is 36.4 Å². The fourth-order valence-electron chi connectivity index (χ4n) is 2.37. The minimum atomic E-state index is -4.98.